The highest BCUT2D eigenvalue weighted by Crippen LogP contribution is 2.28. The second-order valence-electron chi connectivity index (χ2n) is 7.27. The Hall–Kier alpha value is -2.80. The van der Waals surface area contributed by atoms with Crippen molar-refractivity contribution in [3.8, 4) is 0 Å². The Labute approximate surface area is 183 Å². The van der Waals surface area contributed by atoms with Crippen molar-refractivity contribution in [2.75, 3.05) is 6.61 Å². The standard InChI is InChI=1S/C23H22ClF3N2O2/c1-15-6-2-3-8-17(15)13-28-22(30)14-31-19-11-18(29-21(12-19)23(25,26)27)10-16-7-4-5-9-20(16)24/h2-9,12,18H,10-11,13-14H2,1H3,(H,28,30). The summed E-state index contributed by atoms with van der Waals surface area (Å²) in [6.45, 7) is 1.88. The van der Waals surface area contributed by atoms with Crippen molar-refractivity contribution in [1.82, 2.24) is 5.32 Å². The fourth-order valence-corrected chi connectivity index (χ4v) is 3.44. The van der Waals surface area contributed by atoms with Crippen LogP contribution >= 0.6 is 11.6 Å². The Balaban J connectivity index is 1.62. The Bertz CT molecular complexity index is 1000. The van der Waals surface area contributed by atoms with Crippen LogP contribution in [0.2, 0.25) is 5.02 Å². The molecule has 31 heavy (non-hydrogen) atoms. The number of rotatable bonds is 7. The van der Waals surface area contributed by atoms with Gasteiger partial charge in [0.15, 0.2) is 6.61 Å². The molecule has 2 aromatic carbocycles. The number of amides is 1. The van der Waals surface area contributed by atoms with Crippen molar-refractivity contribution in [2.45, 2.75) is 38.5 Å². The van der Waals surface area contributed by atoms with E-state index >= 15 is 0 Å². The summed E-state index contributed by atoms with van der Waals surface area (Å²) >= 11 is 6.14. The SMILES string of the molecule is Cc1ccccc1CNC(=O)COC1=CC(C(F)(F)F)=NC(Cc2ccccc2Cl)C1. The van der Waals surface area contributed by atoms with Gasteiger partial charge in [0.05, 0.1) is 6.04 Å². The van der Waals surface area contributed by atoms with Crippen LogP contribution in [0.3, 0.4) is 0 Å². The number of carbonyl (C=O) groups excluding carboxylic acids is 1. The van der Waals surface area contributed by atoms with Crippen molar-refractivity contribution in [3.63, 3.8) is 0 Å². The van der Waals surface area contributed by atoms with Gasteiger partial charge in [0.2, 0.25) is 0 Å². The third-order valence-corrected chi connectivity index (χ3v) is 5.25. The van der Waals surface area contributed by atoms with Gasteiger partial charge >= 0.3 is 6.18 Å². The fourth-order valence-electron chi connectivity index (χ4n) is 3.23. The number of nitrogens with one attached hydrogen (secondary N) is 1. The number of hydrogen-bond donors (Lipinski definition) is 1. The molecule has 0 bridgehead atoms. The minimum Gasteiger partial charge on any atom is -0.488 e. The zero-order valence-electron chi connectivity index (χ0n) is 16.9. The van der Waals surface area contributed by atoms with Gasteiger partial charge in [-0.1, -0.05) is 54.1 Å². The number of aryl methyl sites for hydroxylation is 1. The van der Waals surface area contributed by atoms with E-state index in [0.29, 0.717) is 17.1 Å². The molecule has 1 N–H and O–H groups in total. The molecule has 8 heteroatoms. The van der Waals surface area contributed by atoms with E-state index in [1.54, 1.807) is 24.3 Å². The van der Waals surface area contributed by atoms with Gasteiger partial charge in [0.1, 0.15) is 11.5 Å². The van der Waals surface area contributed by atoms with E-state index in [1.807, 2.05) is 31.2 Å². The van der Waals surface area contributed by atoms with E-state index in [0.717, 1.165) is 17.2 Å². The lowest BCUT2D eigenvalue weighted by Gasteiger charge is -2.23. The number of halogens is 4. The Kier molecular flexibility index (Phi) is 7.38. The van der Waals surface area contributed by atoms with Crippen molar-refractivity contribution in [1.29, 1.82) is 0 Å². The Morgan fingerprint density at radius 3 is 2.52 bits per heavy atom. The predicted molar refractivity (Wildman–Crippen MR) is 114 cm³/mol. The maximum atomic E-state index is 13.3. The summed E-state index contributed by atoms with van der Waals surface area (Å²) in [5.41, 5.74) is 1.67. The molecule has 0 saturated heterocycles. The summed E-state index contributed by atoms with van der Waals surface area (Å²) in [6, 6.07) is 13.9. The fraction of sp³-hybridized carbons (Fsp3) is 0.304. The van der Waals surface area contributed by atoms with Crippen LogP contribution in [0.15, 0.2) is 65.4 Å². The van der Waals surface area contributed by atoms with Gasteiger partial charge in [-0.05, 0) is 36.1 Å². The van der Waals surface area contributed by atoms with E-state index in [1.165, 1.54) is 0 Å². The van der Waals surface area contributed by atoms with E-state index < -0.39 is 23.8 Å². The smallest absolute Gasteiger partial charge is 0.433 e. The molecule has 1 amide bonds. The molecule has 1 aliphatic heterocycles. The Morgan fingerprint density at radius 2 is 1.84 bits per heavy atom. The molecule has 164 valence electrons. The summed E-state index contributed by atoms with van der Waals surface area (Å²) in [6.07, 6.45) is -3.37. The van der Waals surface area contributed by atoms with E-state index in [-0.39, 0.29) is 25.2 Å². The first-order valence-electron chi connectivity index (χ1n) is 9.75. The zero-order chi connectivity index (χ0) is 22.4. The number of carbonyl (C=O) groups is 1. The van der Waals surface area contributed by atoms with Crippen molar-refractivity contribution in [3.05, 3.63) is 82.1 Å². The number of alkyl halides is 3. The molecule has 1 atom stereocenters. The van der Waals surface area contributed by atoms with Gasteiger partial charge in [-0.25, -0.2) is 0 Å². The molecule has 2 aromatic rings. The monoisotopic (exact) mass is 450 g/mol. The van der Waals surface area contributed by atoms with Gasteiger partial charge in [-0.3, -0.25) is 9.79 Å². The van der Waals surface area contributed by atoms with Gasteiger partial charge < -0.3 is 10.1 Å². The molecular weight excluding hydrogens is 429 g/mol. The predicted octanol–water partition coefficient (Wildman–Crippen LogP) is 5.18. The van der Waals surface area contributed by atoms with Gasteiger partial charge in [-0.15, -0.1) is 0 Å². The van der Waals surface area contributed by atoms with Gasteiger partial charge in [0.25, 0.3) is 5.91 Å². The first-order chi connectivity index (χ1) is 14.7. The normalized spacial score (nSPS) is 16.4. The van der Waals surface area contributed by atoms with Crippen LogP contribution < -0.4 is 5.32 Å². The molecule has 0 spiro atoms. The molecule has 4 nitrogen and oxygen atoms in total. The molecule has 0 aliphatic carbocycles. The lowest BCUT2D eigenvalue weighted by Crippen LogP contribution is -2.31. The summed E-state index contributed by atoms with van der Waals surface area (Å²) < 4.78 is 45.4. The summed E-state index contributed by atoms with van der Waals surface area (Å²) in [4.78, 5) is 16.0. The average molecular weight is 451 g/mol. The van der Waals surface area contributed by atoms with Crippen molar-refractivity contribution < 1.29 is 22.7 Å². The van der Waals surface area contributed by atoms with Crippen LogP contribution in [0.1, 0.15) is 23.1 Å². The summed E-state index contributed by atoms with van der Waals surface area (Å²) in [7, 11) is 0. The third-order valence-electron chi connectivity index (χ3n) is 4.89. The highest BCUT2D eigenvalue weighted by atomic mass is 35.5. The minimum atomic E-state index is -4.61. The molecule has 1 aliphatic rings. The minimum absolute atomic E-state index is 0.0745. The molecule has 1 unspecified atom stereocenters. The van der Waals surface area contributed by atoms with Crippen LogP contribution in [0.25, 0.3) is 0 Å². The zero-order valence-corrected chi connectivity index (χ0v) is 17.6. The van der Waals surface area contributed by atoms with Gasteiger partial charge in [-0.2, -0.15) is 13.2 Å². The van der Waals surface area contributed by atoms with Crippen LogP contribution in [0, 0.1) is 6.92 Å². The molecule has 0 saturated carbocycles. The highest BCUT2D eigenvalue weighted by Gasteiger charge is 2.37. The molecule has 1 heterocycles. The number of dihydropyridines is 1. The van der Waals surface area contributed by atoms with Crippen LogP contribution in [-0.2, 0) is 22.5 Å². The lowest BCUT2D eigenvalue weighted by molar-refractivity contribution is -0.124. The number of aliphatic imine (C=N–C) groups is 1. The van der Waals surface area contributed by atoms with E-state index in [9.17, 15) is 18.0 Å². The van der Waals surface area contributed by atoms with Crippen molar-refractivity contribution >= 4 is 23.2 Å². The first-order valence-corrected chi connectivity index (χ1v) is 10.1. The molecule has 0 fully saturated rings. The van der Waals surface area contributed by atoms with Gasteiger partial charge in [0, 0.05) is 24.1 Å². The summed E-state index contributed by atoms with van der Waals surface area (Å²) in [5.74, 6) is -0.340. The van der Waals surface area contributed by atoms with E-state index in [4.69, 9.17) is 16.3 Å². The third kappa shape index (κ3) is 6.59. The Morgan fingerprint density at radius 1 is 1.16 bits per heavy atom. The second-order valence-corrected chi connectivity index (χ2v) is 7.68. The largest absolute Gasteiger partial charge is 0.488 e. The van der Waals surface area contributed by atoms with Crippen LogP contribution in [-0.4, -0.2) is 30.4 Å². The topological polar surface area (TPSA) is 50.7 Å². The van der Waals surface area contributed by atoms with E-state index in [2.05, 4.69) is 10.3 Å². The van der Waals surface area contributed by atoms with Crippen LogP contribution in [0.5, 0.6) is 0 Å². The maximum absolute atomic E-state index is 13.3. The number of allylic oxidation sites excluding steroid dienone is 1. The summed E-state index contributed by atoms with van der Waals surface area (Å²) in [5, 5.41) is 3.19. The average Bonchev–Trinajstić information content (AvgIpc) is 2.72. The molecule has 0 radical (unpaired) electrons. The number of hydrogen-bond acceptors (Lipinski definition) is 3. The maximum Gasteiger partial charge on any atom is 0.433 e. The number of benzene rings is 2. The van der Waals surface area contributed by atoms with Crippen LogP contribution in [0.4, 0.5) is 13.2 Å². The number of nitrogens with zero attached hydrogens (tertiary/aromatic N) is 1. The number of ether oxygens (including phenoxy) is 1. The molecule has 0 aromatic heterocycles. The second kappa shape index (κ2) is 10.0. The van der Waals surface area contributed by atoms with Crippen molar-refractivity contribution in [2.24, 2.45) is 4.99 Å². The first kappa shape index (κ1) is 22.9. The molecular formula is C23H22ClF3N2O2. The highest BCUT2D eigenvalue weighted by molar-refractivity contribution is 6.31. The molecule has 3 rings (SSSR count). The quantitative estimate of drug-likeness (QED) is 0.631. The lowest BCUT2D eigenvalue weighted by atomic mass is 9.99.